The molecule has 1 rings (SSSR count). The Bertz CT molecular complexity index is 383. The molecule has 0 saturated carbocycles. The van der Waals surface area contributed by atoms with E-state index < -0.39 is 29.0 Å². The Labute approximate surface area is 91.3 Å². The molecule has 1 unspecified atom stereocenters. The number of rotatable bonds is 4. The Morgan fingerprint density at radius 3 is 2.56 bits per heavy atom. The van der Waals surface area contributed by atoms with Crippen molar-refractivity contribution in [2.24, 2.45) is 0 Å². The van der Waals surface area contributed by atoms with E-state index in [1.54, 1.807) is 6.92 Å². The highest BCUT2D eigenvalue weighted by Gasteiger charge is 2.19. The van der Waals surface area contributed by atoms with Crippen LogP contribution in [-0.2, 0) is 0 Å². The van der Waals surface area contributed by atoms with Gasteiger partial charge in [-0.15, -0.1) is 0 Å². The zero-order valence-corrected chi connectivity index (χ0v) is 9.02. The van der Waals surface area contributed by atoms with E-state index in [9.17, 15) is 18.3 Å². The van der Waals surface area contributed by atoms with Gasteiger partial charge in [0.05, 0.1) is 5.60 Å². The molecule has 0 bridgehead atoms. The molecule has 0 aromatic carbocycles. The van der Waals surface area contributed by atoms with Crippen LogP contribution in [-0.4, -0.2) is 22.2 Å². The number of hydrogen-bond acceptors (Lipinski definition) is 3. The van der Waals surface area contributed by atoms with E-state index >= 15 is 0 Å². The van der Waals surface area contributed by atoms with Gasteiger partial charge in [0.1, 0.15) is 0 Å². The fraction of sp³-hybridized carbons (Fsp3) is 0.500. The van der Waals surface area contributed by atoms with E-state index in [0.29, 0.717) is 12.5 Å². The second kappa shape index (κ2) is 4.69. The molecule has 1 aromatic heterocycles. The van der Waals surface area contributed by atoms with Crippen molar-refractivity contribution in [1.82, 2.24) is 4.98 Å². The van der Waals surface area contributed by atoms with Crippen LogP contribution in [0.15, 0.2) is 6.07 Å². The van der Waals surface area contributed by atoms with Crippen LogP contribution in [0.1, 0.15) is 20.3 Å². The van der Waals surface area contributed by atoms with Crippen molar-refractivity contribution in [3.63, 3.8) is 0 Å². The molecule has 1 atom stereocenters. The maximum absolute atomic E-state index is 13.1. The normalized spacial score (nSPS) is 14.6. The van der Waals surface area contributed by atoms with E-state index in [2.05, 4.69) is 10.3 Å². The van der Waals surface area contributed by atoms with E-state index in [-0.39, 0.29) is 6.54 Å². The second-order valence-electron chi connectivity index (χ2n) is 3.80. The first-order valence-electron chi connectivity index (χ1n) is 4.83. The van der Waals surface area contributed by atoms with Crippen LogP contribution in [0.5, 0.6) is 0 Å². The van der Waals surface area contributed by atoms with Crippen molar-refractivity contribution in [2.75, 3.05) is 11.9 Å². The number of nitrogens with one attached hydrogen (secondary N) is 1. The minimum absolute atomic E-state index is 0.00150. The monoisotopic (exact) mass is 234 g/mol. The lowest BCUT2D eigenvalue weighted by atomic mass is 10.0. The van der Waals surface area contributed by atoms with Crippen LogP contribution in [0.4, 0.5) is 19.0 Å². The minimum atomic E-state index is -1.37. The smallest absolute Gasteiger partial charge is 0.251 e. The Morgan fingerprint density at radius 2 is 2.00 bits per heavy atom. The Kier molecular flexibility index (Phi) is 3.74. The van der Waals surface area contributed by atoms with Gasteiger partial charge in [0.15, 0.2) is 17.5 Å². The zero-order chi connectivity index (χ0) is 12.3. The molecular weight excluding hydrogens is 221 g/mol. The van der Waals surface area contributed by atoms with Gasteiger partial charge in [0.25, 0.3) is 5.95 Å². The standard InChI is InChI=1S/C10H13F3N2O/c1-3-10(2,16)5-14-9-7(12)4-6(11)8(13)15-9/h4,16H,3,5H2,1-2H3,(H,14,15). The average Bonchev–Trinajstić information content (AvgIpc) is 2.22. The molecule has 0 aliphatic rings. The SMILES string of the molecule is CCC(C)(O)CNc1nc(F)c(F)cc1F. The van der Waals surface area contributed by atoms with Crippen molar-refractivity contribution in [3.05, 3.63) is 23.6 Å². The van der Waals surface area contributed by atoms with Crippen molar-refractivity contribution in [2.45, 2.75) is 25.9 Å². The first-order chi connectivity index (χ1) is 7.35. The molecule has 1 heterocycles. The topological polar surface area (TPSA) is 45.1 Å². The maximum Gasteiger partial charge on any atom is 0.251 e. The second-order valence-corrected chi connectivity index (χ2v) is 3.80. The largest absolute Gasteiger partial charge is 0.388 e. The molecular formula is C10H13F3N2O. The van der Waals surface area contributed by atoms with Crippen LogP contribution in [0.3, 0.4) is 0 Å². The van der Waals surface area contributed by atoms with Crippen LogP contribution in [0.2, 0.25) is 0 Å². The molecule has 2 N–H and O–H groups in total. The van der Waals surface area contributed by atoms with Gasteiger partial charge in [-0.3, -0.25) is 0 Å². The van der Waals surface area contributed by atoms with Gasteiger partial charge in [-0.05, 0) is 13.3 Å². The van der Waals surface area contributed by atoms with Gasteiger partial charge in [-0.25, -0.2) is 8.78 Å². The van der Waals surface area contributed by atoms with Gasteiger partial charge >= 0.3 is 0 Å². The highest BCUT2D eigenvalue weighted by atomic mass is 19.2. The van der Waals surface area contributed by atoms with Gasteiger partial charge < -0.3 is 10.4 Å². The molecule has 6 heteroatoms. The summed E-state index contributed by atoms with van der Waals surface area (Å²) in [4.78, 5) is 3.07. The lowest BCUT2D eigenvalue weighted by molar-refractivity contribution is 0.0695. The van der Waals surface area contributed by atoms with Gasteiger partial charge in [-0.2, -0.15) is 9.37 Å². The Morgan fingerprint density at radius 1 is 1.38 bits per heavy atom. The van der Waals surface area contributed by atoms with Gasteiger partial charge in [0.2, 0.25) is 0 Å². The minimum Gasteiger partial charge on any atom is -0.388 e. The predicted molar refractivity (Wildman–Crippen MR) is 53.5 cm³/mol. The van der Waals surface area contributed by atoms with E-state index in [1.165, 1.54) is 6.92 Å². The molecule has 0 fully saturated rings. The van der Waals surface area contributed by atoms with Gasteiger partial charge in [-0.1, -0.05) is 6.92 Å². The summed E-state index contributed by atoms with van der Waals surface area (Å²) in [6.07, 6.45) is 0.436. The summed E-state index contributed by atoms with van der Waals surface area (Å²) in [6.45, 7) is 3.28. The molecule has 0 spiro atoms. The summed E-state index contributed by atoms with van der Waals surface area (Å²) in [6, 6.07) is 0.408. The molecule has 1 aromatic rings. The summed E-state index contributed by atoms with van der Waals surface area (Å²) in [5, 5.41) is 12.0. The predicted octanol–water partition coefficient (Wildman–Crippen LogP) is 2.07. The van der Waals surface area contributed by atoms with Crippen LogP contribution in [0, 0.1) is 17.6 Å². The summed E-state index contributed by atoms with van der Waals surface area (Å²) in [5.74, 6) is -4.12. The maximum atomic E-state index is 13.1. The third-order valence-corrected chi connectivity index (χ3v) is 2.29. The first-order valence-corrected chi connectivity index (χ1v) is 4.83. The number of aliphatic hydroxyl groups is 1. The highest BCUT2D eigenvalue weighted by molar-refractivity contribution is 5.36. The van der Waals surface area contributed by atoms with E-state index in [0.717, 1.165) is 0 Å². The molecule has 3 nitrogen and oxygen atoms in total. The molecule has 90 valence electrons. The fourth-order valence-corrected chi connectivity index (χ4v) is 0.967. The quantitative estimate of drug-likeness (QED) is 0.784. The van der Waals surface area contributed by atoms with E-state index in [4.69, 9.17) is 0 Å². The number of nitrogens with zero attached hydrogens (tertiary/aromatic N) is 1. The summed E-state index contributed by atoms with van der Waals surface area (Å²) >= 11 is 0. The van der Waals surface area contributed by atoms with Crippen LogP contribution in [0.25, 0.3) is 0 Å². The third kappa shape index (κ3) is 3.10. The number of halogens is 3. The zero-order valence-electron chi connectivity index (χ0n) is 9.02. The summed E-state index contributed by atoms with van der Waals surface area (Å²) in [7, 11) is 0. The number of pyridine rings is 1. The number of hydrogen-bond donors (Lipinski definition) is 2. The molecule has 0 radical (unpaired) electrons. The van der Waals surface area contributed by atoms with Crippen molar-refractivity contribution in [1.29, 1.82) is 0 Å². The molecule has 0 saturated heterocycles. The van der Waals surface area contributed by atoms with Crippen molar-refractivity contribution >= 4 is 5.82 Å². The number of aromatic nitrogens is 1. The van der Waals surface area contributed by atoms with E-state index in [1.807, 2.05) is 0 Å². The van der Waals surface area contributed by atoms with Crippen molar-refractivity contribution < 1.29 is 18.3 Å². The lowest BCUT2D eigenvalue weighted by Gasteiger charge is -2.21. The highest BCUT2D eigenvalue weighted by Crippen LogP contribution is 2.16. The van der Waals surface area contributed by atoms with Gasteiger partial charge in [0, 0.05) is 12.6 Å². The Hall–Kier alpha value is -1.30. The number of anilines is 1. The third-order valence-electron chi connectivity index (χ3n) is 2.29. The average molecular weight is 234 g/mol. The molecule has 0 aliphatic carbocycles. The molecule has 16 heavy (non-hydrogen) atoms. The fourth-order valence-electron chi connectivity index (χ4n) is 0.967. The first kappa shape index (κ1) is 12.8. The summed E-state index contributed by atoms with van der Waals surface area (Å²) in [5.41, 5.74) is -1.06. The van der Waals surface area contributed by atoms with Crippen LogP contribution < -0.4 is 5.32 Å². The molecule has 0 aliphatic heterocycles. The lowest BCUT2D eigenvalue weighted by Crippen LogP contribution is -2.33. The van der Waals surface area contributed by atoms with Crippen LogP contribution >= 0.6 is 0 Å². The van der Waals surface area contributed by atoms with Crippen molar-refractivity contribution in [3.8, 4) is 0 Å². The molecule has 0 amide bonds. The summed E-state index contributed by atoms with van der Waals surface area (Å²) < 4.78 is 38.3. The Balaban J connectivity index is 2.79.